The average Bonchev–Trinajstić information content (AvgIpc) is 2.87. The van der Waals surface area contributed by atoms with Gasteiger partial charge in [-0.25, -0.2) is 4.79 Å². The Bertz CT molecular complexity index is 1060. The van der Waals surface area contributed by atoms with Gasteiger partial charge in [-0.3, -0.25) is 4.79 Å². The number of benzene rings is 2. The fraction of sp³-hybridized carbons (Fsp3) is 0.130. The van der Waals surface area contributed by atoms with Crippen molar-refractivity contribution < 1.29 is 14.7 Å². The molecule has 29 heavy (non-hydrogen) atoms. The highest BCUT2D eigenvalue weighted by molar-refractivity contribution is 6.31. The van der Waals surface area contributed by atoms with Gasteiger partial charge < -0.3 is 15.3 Å². The summed E-state index contributed by atoms with van der Waals surface area (Å²) < 4.78 is 0. The number of carbonyl (C=O) groups excluding carboxylic acids is 1. The number of halogens is 1. The maximum absolute atomic E-state index is 12.8. The molecule has 2 aliphatic rings. The summed E-state index contributed by atoms with van der Waals surface area (Å²) in [6.45, 7) is 1.21. The predicted molar refractivity (Wildman–Crippen MR) is 113 cm³/mol. The standard InChI is InChI=1S/C23H19ClN2O3/c24-17-7-11-21(20(12-17)23(28)29)25-18-8-6-16-14-26(22(27)19(16)10-9-18)13-15-4-2-1-3-5-15/h1-12,16,25H,13-14H2,(H,28,29). The van der Waals surface area contributed by atoms with Crippen LogP contribution in [-0.2, 0) is 11.3 Å². The number of carboxylic acid groups (broad SMARTS) is 1. The zero-order chi connectivity index (χ0) is 20.4. The van der Waals surface area contributed by atoms with Gasteiger partial charge in [-0.2, -0.15) is 0 Å². The molecule has 0 bridgehead atoms. The van der Waals surface area contributed by atoms with Crippen LogP contribution >= 0.6 is 11.6 Å². The largest absolute Gasteiger partial charge is 0.478 e. The number of carboxylic acids is 1. The van der Waals surface area contributed by atoms with Crippen molar-refractivity contribution in [2.24, 2.45) is 5.92 Å². The van der Waals surface area contributed by atoms with Crippen LogP contribution in [0.5, 0.6) is 0 Å². The summed E-state index contributed by atoms with van der Waals surface area (Å²) in [6.07, 6.45) is 7.48. The highest BCUT2D eigenvalue weighted by atomic mass is 35.5. The van der Waals surface area contributed by atoms with Gasteiger partial charge in [-0.05, 0) is 35.9 Å². The molecule has 0 radical (unpaired) electrons. The van der Waals surface area contributed by atoms with Gasteiger partial charge in [0, 0.05) is 35.3 Å². The van der Waals surface area contributed by atoms with E-state index in [9.17, 15) is 14.7 Å². The molecule has 146 valence electrons. The molecule has 4 rings (SSSR count). The zero-order valence-electron chi connectivity index (χ0n) is 15.5. The molecule has 1 fully saturated rings. The van der Waals surface area contributed by atoms with E-state index in [0.29, 0.717) is 29.5 Å². The SMILES string of the molecule is O=C(O)c1cc(Cl)ccc1NC1=CC=C2C(=O)N(Cc3ccccc3)CC2C=C1. The fourth-order valence-corrected chi connectivity index (χ4v) is 3.73. The Labute approximate surface area is 173 Å². The molecule has 2 aromatic rings. The number of anilines is 1. The smallest absolute Gasteiger partial charge is 0.337 e. The number of nitrogens with zero attached hydrogens (tertiary/aromatic N) is 1. The van der Waals surface area contributed by atoms with Crippen molar-refractivity contribution in [2.45, 2.75) is 6.54 Å². The molecular formula is C23H19ClN2O3. The van der Waals surface area contributed by atoms with Gasteiger partial charge in [0.25, 0.3) is 5.91 Å². The highest BCUT2D eigenvalue weighted by Crippen LogP contribution is 2.30. The minimum absolute atomic E-state index is 0.00549. The first-order chi connectivity index (χ1) is 14.0. The molecule has 1 heterocycles. The van der Waals surface area contributed by atoms with E-state index in [0.717, 1.165) is 11.1 Å². The number of allylic oxidation sites excluding steroid dienone is 3. The van der Waals surface area contributed by atoms with Gasteiger partial charge >= 0.3 is 5.97 Å². The number of hydrogen-bond acceptors (Lipinski definition) is 3. The topological polar surface area (TPSA) is 69.6 Å². The van der Waals surface area contributed by atoms with Crippen LogP contribution in [0.15, 0.2) is 84.1 Å². The third-order valence-electron chi connectivity index (χ3n) is 5.01. The molecule has 1 unspecified atom stereocenters. The Balaban J connectivity index is 1.53. The molecule has 1 saturated heterocycles. The summed E-state index contributed by atoms with van der Waals surface area (Å²) >= 11 is 5.91. The molecule has 0 aromatic heterocycles. The van der Waals surface area contributed by atoms with Crippen molar-refractivity contribution in [3.8, 4) is 0 Å². The van der Waals surface area contributed by atoms with E-state index in [1.807, 2.05) is 53.5 Å². The maximum Gasteiger partial charge on any atom is 0.337 e. The Morgan fingerprint density at radius 2 is 1.97 bits per heavy atom. The van der Waals surface area contributed by atoms with Gasteiger partial charge in [0.05, 0.1) is 11.3 Å². The first kappa shape index (κ1) is 19.0. The maximum atomic E-state index is 12.8. The summed E-state index contributed by atoms with van der Waals surface area (Å²) in [7, 11) is 0. The fourth-order valence-electron chi connectivity index (χ4n) is 3.56. The van der Waals surface area contributed by atoms with Gasteiger partial charge in [-0.15, -0.1) is 0 Å². The van der Waals surface area contributed by atoms with Crippen LogP contribution in [-0.4, -0.2) is 28.4 Å². The lowest BCUT2D eigenvalue weighted by atomic mass is 10.0. The van der Waals surface area contributed by atoms with Gasteiger partial charge in [-0.1, -0.05) is 54.1 Å². The predicted octanol–water partition coefficient (Wildman–Crippen LogP) is 4.49. The van der Waals surface area contributed by atoms with Crippen LogP contribution in [0.3, 0.4) is 0 Å². The normalized spacial score (nSPS) is 18.0. The first-order valence-corrected chi connectivity index (χ1v) is 9.62. The zero-order valence-corrected chi connectivity index (χ0v) is 16.3. The Morgan fingerprint density at radius 1 is 1.17 bits per heavy atom. The Hall–Kier alpha value is -3.31. The number of aromatic carboxylic acids is 1. The molecule has 0 saturated carbocycles. The summed E-state index contributed by atoms with van der Waals surface area (Å²) in [4.78, 5) is 26.1. The average molecular weight is 407 g/mol. The van der Waals surface area contributed by atoms with Crippen LogP contribution in [0.1, 0.15) is 15.9 Å². The third-order valence-corrected chi connectivity index (χ3v) is 5.24. The van der Waals surface area contributed by atoms with E-state index in [4.69, 9.17) is 11.6 Å². The lowest BCUT2D eigenvalue weighted by molar-refractivity contribution is -0.125. The molecule has 6 heteroatoms. The van der Waals surface area contributed by atoms with Crippen LogP contribution in [0.4, 0.5) is 5.69 Å². The van der Waals surface area contributed by atoms with E-state index in [2.05, 4.69) is 5.32 Å². The molecule has 1 aliphatic heterocycles. The molecule has 2 aromatic carbocycles. The summed E-state index contributed by atoms with van der Waals surface area (Å²) in [5.74, 6) is -1.03. The monoisotopic (exact) mass is 406 g/mol. The Kier molecular flexibility index (Phi) is 5.23. The number of rotatable bonds is 5. The molecule has 1 amide bonds. The second kappa shape index (κ2) is 7.97. The molecule has 0 spiro atoms. The van der Waals surface area contributed by atoms with Crippen molar-refractivity contribution in [2.75, 3.05) is 11.9 Å². The van der Waals surface area contributed by atoms with Gasteiger partial charge in [0.1, 0.15) is 0 Å². The van der Waals surface area contributed by atoms with Crippen molar-refractivity contribution in [3.63, 3.8) is 0 Å². The van der Waals surface area contributed by atoms with Crippen molar-refractivity contribution in [3.05, 3.63) is 100 Å². The third kappa shape index (κ3) is 4.10. The number of amides is 1. The Morgan fingerprint density at radius 3 is 2.72 bits per heavy atom. The van der Waals surface area contributed by atoms with Gasteiger partial charge in [0.15, 0.2) is 0 Å². The quantitative estimate of drug-likeness (QED) is 0.767. The van der Waals surface area contributed by atoms with Crippen LogP contribution < -0.4 is 5.32 Å². The van der Waals surface area contributed by atoms with E-state index in [1.165, 1.54) is 6.07 Å². The van der Waals surface area contributed by atoms with Crippen LogP contribution in [0.2, 0.25) is 5.02 Å². The number of likely N-dealkylation sites (tertiary alicyclic amines) is 1. The number of fused-ring (bicyclic) bond motifs is 1. The lowest BCUT2D eigenvalue weighted by Gasteiger charge is -2.15. The second-order valence-electron chi connectivity index (χ2n) is 7.00. The number of carbonyl (C=O) groups is 2. The minimum atomic E-state index is -1.06. The van der Waals surface area contributed by atoms with E-state index in [1.54, 1.807) is 18.2 Å². The van der Waals surface area contributed by atoms with Crippen molar-refractivity contribution in [1.82, 2.24) is 4.90 Å². The van der Waals surface area contributed by atoms with E-state index in [-0.39, 0.29) is 17.4 Å². The number of hydrogen-bond donors (Lipinski definition) is 2. The molecule has 1 aliphatic carbocycles. The number of nitrogens with one attached hydrogen (secondary N) is 1. The summed E-state index contributed by atoms with van der Waals surface area (Å²) in [5, 5.41) is 12.9. The molecule has 2 N–H and O–H groups in total. The van der Waals surface area contributed by atoms with E-state index >= 15 is 0 Å². The van der Waals surface area contributed by atoms with E-state index < -0.39 is 5.97 Å². The van der Waals surface area contributed by atoms with Crippen molar-refractivity contribution in [1.29, 1.82) is 0 Å². The second-order valence-corrected chi connectivity index (χ2v) is 7.44. The first-order valence-electron chi connectivity index (χ1n) is 9.24. The van der Waals surface area contributed by atoms with Crippen LogP contribution in [0.25, 0.3) is 0 Å². The minimum Gasteiger partial charge on any atom is -0.478 e. The highest BCUT2D eigenvalue weighted by Gasteiger charge is 2.33. The molecule has 1 atom stereocenters. The molecular weight excluding hydrogens is 388 g/mol. The van der Waals surface area contributed by atoms with Gasteiger partial charge in [0.2, 0.25) is 0 Å². The molecule has 5 nitrogen and oxygen atoms in total. The summed E-state index contributed by atoms with van der Waals surface area (Å²) in [6, 6.07) is 14.6. The van der Waals surface area contributed by atoms with Crippen LogP contribution in [0, 0.1) is 5.92 Å². The lowest BCUT2D eigenvalue weighted by Crippen LogP contribution is -2.24. The van der Waals surface area contributed by atoms with Crippen molar-refractivity contribution >= 4 is 29.2 Å². The summed E-state index contributed by atoms with van der Waals surface area (Å²) in [5.41, 5.74) is 3.08.